The fraction of sp³-hybridized carbons (Fsp3) is 0.714. The molecule has 0 fully saturated rings. The first kappa shape index (κ1) is 82.1. The average molecular weight is 655 g/mol. The minimum atomic E-state index is -0.472. The Kier molecular flexibility index (Phi) is 367. The van der Waals surface area contributed by atoms with Crippen molar-refractivity contribution in [2.24, 2.45) is 0 Å². The third-order valence-electron chi connectivity index (χ3n) is 0.596. The van der Waals surface area contributed by atoms with Gasteiger partial charge in [0.05, 0.1) is 13.2 Å². The van der Waals surface area contributed by atoms with E-state index in [2.05, 4.69) is 0 Å². The SMILES string of the molecule is C.C.C.C.CC(=O)C(C)=O.CC=O.CC=O.O.OCCO.[Cl-].[Cl-].[Cl][Pt][Cl]. The van der Waals surface area contributed by atoms with Crippen LogP contribution in [0, 0.1) is 0 Å². The van der Waals surface area contributed by atoms with E-state index in [0.717, 1.165) is 12.6 Å². The van der Waals surface area contributed by atoms with Crippen LogP contribution in [-0.4, -0.2) is 53.0 Å². The van der Waals surface area contributed by atoms with Crippen molar-refractivity contribution in [2.75, 3.05) is 13.2 Å². The molecule has 0 rings (SSSR count). The van der Waals surface area contributed by atoms with Gasteiger partial charge in [0.15, 0.2) is 11.6 Å². The second-order valence-corrected chi connectivity index (χ2v) is 5.36. The van der Waals surface area contributed by atoms with Gasteiger partial charge in [-0.2, -0.15) is 0 Å². The normalized spacial score (nSPS) is 4.77. The second-order valence-electron chi connectivity index (χ2n) is 2.08. The second kappa shape index (κ2) is 116. The number of carbonyl (C=O) groups excluding carboxylic acids is 4. The fourth-order valence-electron chi connectivity index (χ4n) is 0. The van der Waals surface area contributed by atoms with Crippen molar-refractivity contribution in [1.29, 1.82) is 0 Å². The Balaban J connectivity index is -0.00000000906. The Hall–Kier alpha value is 0.408. The average Bonchev–Trinajstić information content (AvgIpc) is 2.32. The Labute approximate surface area is 189 Å². The number of aldehydes is 2. The van der Waals surface area contributed by atoms with Crippen molar-refractivity contribution in [1.82, 2.24) is 0 Å². The number of rotatable bonds is 2. The van der Waals surface area contributed by atoms with E-state index in [1.807, 2.05) is 0 Å². The number of hydrogen-bond acceptors (Lipinski definition) is 6. The van der Waals surface area contributed by atoms with Crippen molar-refractivity contribution in [2.45, 2.75) is 57.4 Å². The molecule has 0 saturated heterocycles. The van der Waals surface area contributed by atoms with Crippen molar-refractivity contribution < 1.29 is 76.2 Å². The number of aliphatic hydroxyl groups excluding tert-OH is 2. The molecule has 0 aliphatic heterocycles. The first-order chi connectivity index (χ1) is 8.80. The van der Waals surface area contributed by atoms with Gasteiger partial charge in [-0.1, -0.05) is 29.7 Å². The molecule has 0 bridgehead atoms. The summed E-state index contributed by atoms with van der Waals surface area (Å²) in [6.07, 6.45) is 1.50. The quantitative estimate of drug-likeness (QED) is 0.236. The summed E-state index contributed by atoms with van der Waals surface area (Å²) >= 11 is -0.472. The summed E-state index contributed by atoms with van der Waals surface area (Å²) in [4.78, 5) is 37.2. The molecule has 0 unspecified atom stereocenters. The number of Topliss-reactive ketones (excluding diaryl/α,β-unsaturated/α-hetero) is 2. The van der Waals surface area contributed by atoms with Gasteiger partial charge in [-0.25, -0.2) is 0 Å². The summed E-state index contributed by atoms with van der Waals surface area (Å²) in [6, 6.07) is 0. The molecule has 0 spiro atoms. The van der Waals surface area contributed by atoms with Gasteiger partial charge in [0, 0.05) is 13.8 Å². The van der Waals surface area contributed by atoms with Crippen LogP contribution in [-0.2, 0) is 35.7 Å². The molecule has 12 heteroatoms. The van der Waals surface area contributed by atoms with Crippen molar-refractivity contribution in [3.8, 4) is 0 Å². The van der Waals surface area contributed by atoms with Crippen LogP contribution in [0.5, 0.6) is 0 Å². The predicted molar refractivity (Wildman–Crippen MR) is 101 cm³/mol. The van der Waals surface area contributed by atoms with Crippen molar-refractivity contribution in [3.63, 3.8) is 0 Å². The maximum absolute atomic E-state index is 9.79. The molecule has 0 aromatic carbocycles. The Morgan fingerprint density at radius 1 is 0.808 bits per heavy atom. The molecule has 0 aliphatic rings. The molecule has 176 valence electrons. The molecule has 0 aliphatic carbocycles. The molecular formula is C14H38Cl4O7Pt-2. The number of carbonyl (C=O) groups is 4. The zero-order valence-electron chi connectivity index (χ0n) is 12.4. The van der Waals surface area contributed by atoms with Gasteiger partial charge in [0.1, 0.15) is 12.6 Å². The molecule has 0 atom stereocenters. The van der Waals surface area contributed by atoms with Gasteiger partial charge in [-0.15, -0.1) is 0 Å². The summed E-state index contributed by atoms with van der Waals surface area (Å²) < 4.78 is 0. The van der Waals surface area contributed by atoms with Gasteiger partial charge in [0.2, 0.25) is 0 Å². The summed E-state index contributed by atoms with van der Waals surface area (Å²) in [5.74, 6) is -0.759. The van der Waals surface area contributed by atoms with E-state index in [-0.39, 0.29) is 84.8 Å². The van der Waals surface area contributed by atoms with Crippen LogP contribution < -0.4 is 24.8 Å². The Morgan fingerprint density at radius 2 is 0.885 bits per heavy atom. The molecular weight excluding hydrogens is 617 g/mol. The maximum atomic E-state index is 9.79. The zero-order chi connectivity index (χ0) is 16.7. The van der Waals surface area contributed by atoms with Gasteiger partial charge < -0.3 is 50.1 Å². The van der Waals surface area contributed by atoms with E-state index in [1.165, 1.54) is 27.7 Å². The first-order valence-corrected chi connectivity index (χ1v) is 10.3. The molecule has 4 N–H and O–H groups in total. The number of ketones is 2. The topological polar surface area (TPSA) is 140 Å². The third-order valence-corrected chi connectivity index (χ3v) is 0.596. The number of hydrogen-bond donors (Lipinski definition) is 2. The van der Waals surface area contributed by atoms with Crippen LogP contribution in [0.15, 0.2) is 0 Å². The fourth-order valence-corrected chi connectivity index (χ4v) is 0. The molecule has 0 amide bonds. The monoisotopic (exact) mass is 653 g/mol. The van der Waals surface area contributed by atoms with Crippen LogP contribution in [0.1, 0.15) is 57.4 Å². The zero-order valence-corrected chi connectivity index (χ0v) is 17.7. The molecule has 0 radical (unpaired) electrons. The molecule has 7 nitrogen and oxygen atoms in total. The molecule has 26 heavy (non-hydrogen) atoms. The van der Waals surface area contributed by atoms with E-state index in [1.54, 1.807) is 0 Å². The van der Waals surface area contributed by atoms with Crippen LogP contribution in [0.3, 0.4) is 0 Å². The van der Waals surface area contributed by atoms with E-state index >= 15 is 0 Å². The summed E-state index contributed by atoms with van der Waals surface area (Å²) in [5.41, 5.74) is 0. The summed E-state index contributed by atoms with van der Waals surface area (Å²) in [5, 5.41) is 15.2. The van der Waals surface area contributed by atoms with Gasteiger partial charge >= 0.3 is 35.3 Å². The molecule has 0 saturated carbocycles. The van der Waals surface area contributed by atoms with E-state index in [4.69, 9.17) is 38.6 Å². The van der Waals surface area contributed by atoms with Gasteiger partial charge in [0.25, 0.3) is 0 Å². The van der Waals surface area contributed by atoms with E-state index < -0.39 is 16.5 Å². The molecule has 0 aromatic rings. The van der Waals surface area contributed by atoms with Crippen LogP contribution in [0.2, 0.25) is 0 Å². The number of aliphatic hydroxyl groups is 2. The Bertz CT molecular complexity index is 194. The third kappa shape index (κ3) is 457. The summed E-state index contributed by atoms with van der Waals surface area (Å²) in [6.45, 7) is 5.14. The molecule has 0 heterocycles. The minimum absolute atomic E-state index is 0. The first-order valence-electron chi connectivity index (χ1n) is 4.66. The Morgan fingerprint density at radius 3 is 0.885 bits per heavy atom. The van der Waals surface area contributed by atoms with Crippen LogP contribution >= 0.6 is 18.8 Å². The van der Waals surface area contributed by atoms with Crippen molar-refractivity contribution in [3.05, 3.63) is 0 Å². The molecule has 0 aromatic heterocycles. The van der Waals surface area contributed by atoms with E-state index in [9.17, 15) is 9.59 Å². The van der Waals surface area contributed by atoms with Crippen LogP contribution in [0.4, 0.5) is 0 Å². The van der Waals surface area contributed by atoms with Crippen LogP contribution in [0.25, 0.3) is 0 Å². The predicted octanol–water partition coefficient (Wildman–Crippen LogP) is -3.35. The van der Waals surface area contributed by atoms with Gasteiger partial charge in [-0.3, -0.25) is 9.59 Å². The number of halogens is 4. The van der Waals surface area contributed by atoms with Gasteiger partial charge in [-0.05, 0) is 13.8 Å². The van der Waals surface area contributed by atoms with Crippen molar-refractivity contribution >= 4 is 43.0 Å². The standard InChI is InChI=1S/C4H6O2.C2H6O2.2C2H4O.4CH4.4ClH.H2O.Pt/c1-3(5)4(2)6;3-1-2-4;2*1-2-3;;;;;;;;;;/h1-2H3;3-4H,1-2H2;2*2H,1H3;4*1H4;4*1H;1H2;/q;;;;;;;;;;;;;+2/p-4. The van der Waals surface area contributed by atoms with E-state index in [0.29, 0.717) is 0 Å². The summed E-state index contributed by atoms with van der Waals surface area (Å²) in [7, 11) is 9.75.